The van der Waals surface area contributed by atoms with Crippen molar-refractivity contribution in [2.45, 2.75) is 24.6 Å². The van der Waals surface area contributed by atoms with Crippen molar-refractivity contribution in [3.05, 3.63) is 24.2 Å². The predicted octanol–water partition coefficient (Wildman–Crippen LogP) is 1.71. The Hall–Kier alpha value is -1.83. The first-order chi connectivity index (χ1) is 9.87. The molecule has 0 unspecified atom stereocenters. The van der Waals surface area contributed by atoms with Crippen LogP contribution in [0, 0.1) is 5.92 Å². The number of alkyl halides is 3. The average molecular weight is 298 g/mol. The van der Waals surface area contributed by atoms with E-state index in [0.29, 0.717) is 30.3 Å². The number of aromatic nitrogens is 3. The van der Waals surface area contributed by atoms with Gasteiger partial charge in [-0.2, -0.15) is 18.3 Å². The summed E-state index contributed by atoms with van der Waals surface area (Å²) in [6, 6.07) is 0.997. The van der Waals surface area contributed by atoms with Crippen LogP contribution in [0.15, 0.2) is 18.5 Å². The van der Waals surface area contributed by atoms with Gasteiger partial charge in [0.15, 0.2) is 11.5 Å². The smallest absolute Gasteiger partial charge is 0.386 e. The van der Waals surface area contributed by atoms with Gasteiger partial charge in [-0.05, 0) is 18.8 Å². The second-order valence-corrected chi connectivity index (χ2v) is 5.84. The van der Waals surface area contributed by atoms with Crippen molar-refractivity contribution in [1.29, 1.82) is 0 Å². The minimum Gasteiger partial charge on any atom is -0.386 e. The molecular formula is C13H13F3N4O. The molecule has 2 aromatic rings. The summed E-state index contributed by atoms with van der Waals surface area (Å²) < 4.78 is 39.4. The van der Waals surface area contributed by atoms with E-state index in [9.17, 15) is 18.3 Å². The molecule has 0 amide bonds. The summed E-state index contributed by atoms with van der Waals surface area (Å²) in [4.78, 5) is 5.96. The highest BCUT2D eigenvalue weighted by atomic mass is 19.4. The van der Waals surface area contributed by atoms with Crippen molar-refractivity contribution in [3.63, 3.8) is 0 Å². The molecule has 0 spiro atoms. The molecule has 2 fully saturated rings. The molecule has 1 saturated carbocycles. The summed E-state index contributed by atoms with van der Waals surface area (Å²) in [7, 11) is 0. The zero-order valence-corrected chi connectivity index (χ0v) is 11.0. The molecule has 0 atom stereocenters. The fraction of sp³-hybridized carbons (Fsp3) is 0.538. The molecule has 1 aliphatic carbocycles. The normalized spacial score (nSPS) is 21.6. The number of hydrogen-bond donors (Lipinski definition) is 1. The van der Waals surface area contributed by atoms with Crippen LogP contribution < -0.4 is 4.90 Å². The molecular weight excluding hydrogens is 285 g/mol. The lowest BCUT2D eigenvalue weighted by molar-refractivity contribution is -0.141. The van der Waals surface area contributed by atoms with Crippen molar-refractivity contribution in [1.82, 2.24) is 14.6 Å². The standard InChI is InChI=1S/C13H13F3N4O/c14-13(15,16)10-5-9-11(17-3-4-20(9)18-10)19-6-12(21,7-19)8-1-2-8/h3-5,8,21H,1-2,6-7H2. The van der Waals surface area contributed by atoms with E-state index in [1.54, 1.807) is 4.90 Å². The molecule has 1 saturated heterocycles. The van der Waals surface area contributed by atoms with Crippen LogP contribution >= 0.6 is 0 Å². The third kappa shape index (κ3) is 1.97. The zero-order valence-electron chi connectivity index (χ0n) is 11.0. The van der Waals surface area contributed by atoms with Gasteiger partial charge in [-0.1, -0.05) is 0 Å². The van der Waals surface area contributed by atoms with Gasteiger partial charge < -0.3 is 10.0 Å². The van der Waals surface area contributed by atoms with Crippen LogP contribution in [0.5, 0.6) is 0 Å². The van der Waals surface area contributed by atoms with E-state index >= 15 is 0 Å². The summed E-state index contributed by atoms with van der Waals surface area (Å²) in [5, 5.41) is 13.8. The Labute approximate surface area is 118 Å². The van der Waals surface area contributed by atoms with Gasteiger partial charge in [-0.3, -0.25) is 0 Å². The lowest BCUT2D eigenvalue weighted by Gasteiger charge is -2.47. The van der Waals surface area contributed by atoms with Crippen LogP contribution in [0.1, 0.15) is 18.5 Å². The first-order valence-corrected chi connectivity index (χ1v) is 6.76. The molecule has 1 aliphatic heterocycles. The number of nitrogens with zero attached hydrogens (tertiary/aromatic N) is 4. The fourth-order valence-corrected chi connectivity index (χ4v) is 2.93. The summed E-state index contributed by atoms with van der Waals surface area (Å²) in [6.07, 6.45) is 0.373. The van der Waals surface area contributed by atoms with E-state index in [2.05, 4.69) is 10.1 Å². The summed E-state index contributed by atoms with van der Waals surface area (Å²) in [5.41, 5.74) is -1.33. The predicted molar refractivity (Wildman–Crippen MR) is 67.9 cm³/mol. The molecule has 2 aliphatic rings. The molecule has 8 heteroatoms. The van der Waals surface area contributed by atoms with Crippen LogP contribution in [0.2, 0.25) is 0 Å². The third-order valence-corrected chi connectivity index (χ3v) is 4.23. The quantitative estimate of drug-likeness (QED) is 0.917. The second-order valence-electron chi connectivity index (χ2n) is 5.84. The molecule has 1 N–H and O–H groups in total. The highest BCUT2D eigenvalue weighted by Crippen LogP contribution is 2.46. The number of hydrogen-bond acceptors (Lipinski definition) is 4. The highest BCUT2D eigenvalue weighted by molar-refractivity contribution is 5.70. The SMILES string of the molecule is OC1(C2CC2)CN(c2nccn3nc(C(F)(F)F)cc23)C1. The largest absolute Gasteiger partial charge is 0.435 e. The van der Waals surface area contributed by atoms with Crippen LogP contribution in [0.4, 0.5) is 19.0 Å². The van der Waals surface area contributed by atoms with Gasteiger partial charge in [0.25, 0.3) is 0 Å². The Morgan fingerprint density at radius 1 is 1.29 bits per heavy atom. The molecule has 21 heavy (non-hydrogen) atoms. The van der Waals surface area contributed by atoms with Crippen LogP contribution in [-0.2, 0) is 6.18 Å². The Bertz CT molecular complexity index is 701. The molecule has 3 heterocycles. The maximum atomic E-state index is 12.7. The van der Waals surface area contributed by atoms with E-state index in [1.165, 1.54) is 16.9 Å². The van der Waals surface area contributed by atoms with Gasteiger partial charge in [0.2, 0.25) is 0 Å². The monoisotopic (exact) mass is 298 g/mol. The van der Waals surface area contributed by atoms with Gasteiger partial charge in [0, 0.05) is 18.5 Å². The molecule has 5 nitrogen and oxygen atoms in total. The van der Waals surface area contributed by atoms with E-state index < -0.39 is 17.5 Å². The maximum absolute atomic E-state index is 12.7. The minimum absolute atomic E-state index is 0.308. The van der Waals surface area contributed by atoms with Gasteiger partial charge in [-0.15, -0.1) is 0 Å². The molecule has 112 valence electrons. The van der Waals surface area contributed by atoms with Crippen LogP contribution in [-0.4, -0.2) is 38.4 Å². The lowest BCUT2D eigenvalue weighted by atomic mass is 9.89. The number of fused-ring (bicyclic) bond motifs is 1. The summed E-state index contributed by atoms with van der Waals surface area (Å²) >= 11 is 0. The van der Waals surface area contributed by atoms with Crippen molar-refractivity contribution in [2.24, 2.45) is 5.92 Å². The van der Waals surface area contributed by atoms with Crippen molar-refractivity contribution < 1.29 is 18.3 Å². The maximum Gasteiger partial charge on any atom is 0.435 e. The Kier molecular flexibility index (Phi) is 2.38. The van der Waals surface area contributed by atoms with Gasteiger partial charge in [0.1, 0.15) is 11.1 Å². The van der Waals surface area contributed by atoms with Crippen molar-refractivity contribution in [2.75, 3.05) is 18.0 Å². The number of β-amino-alcohol motifs (C(OH)–C–C–N with tert-alkyl or cyclic N) is 1. The summed E-state index contributed by atoms with van der Waals surface area (Å²) in [6.45, 7) is 0.827. The first kappa shape index (κ1) is 12.9. The number of anilines is 1. The van der Waals surface area contributed by atoms with Gasteiger partial charge in [-0.25, -0.2) is 9.50 Å². The second kappa shape index (κ2) is 3.88. The molecule has 4 rings (SSSR count). The molecule has 0 bridgehead atoms. The zero-order chi connectivity index (χ0) is 14.8. The van der Waals surface area contributed by atoms with Crippen LogP contribution in [0.25, 0.3) is 5.52 Å². The van der Waals surface area contributed by atoms with Gasteiger partial charge >= 0.3 is 6.18 Å². The fourth-order valence-electron chi connectivity index (χ4n) is 2.93. The highest BCUT2D eigenvalue weighted by Gasteiger charge is 2.52. The Morgan fingerprint density at radius 3 is 2.62 bits per heavy atom. The number of rotatable bonds is 2. The first-order valence-electron chi connectivity index (χ1n) is 6.76. The van der Waals surface area contributed by atoms with Crippen LogP contribution in [0.3, 0.4) is 0 Å². The number of aliphatic hydroxyl groups is 1. The van der Waals surface area contributed by atoms with E-state index in [-0.39, 0.29) is 0 Å². The Balaban J connectivity index is 1.68. The summed E-state index contributed by atoms with van der Waals surface area (Å²) in [5.74, 6) is 0.759. The van der Waals surface area contributed by atoms with Gasteiger partial charge in [0.05, 0.1) is 13.1 Å². The molecule has 2 aromatic heterocycles. The number of halogens is 3. The van der Waals surface area contributed by atoms with E-state index in [4.69, 9.17) is 0 Å². The minimum atomic E-state index is -4.48. The van der Waals surface area contributed by atoms with E-state index in [1.807, 2.05) is 0 Å². The van der Waals surface area contributed by atoms with E-state index in [0.717, 1.165) is 18.9 Å². The molecule has 0 radical (unpaired) electrons. The average Bonchev–Trinajstić information content (AvgIpc) is 3.12. The molecule has 0 aromatic carbocycles. The Morgan fingerprint density at radius 2 is 2.00 bits per heavy atom. The van der Waals surface area contributed by atoms with Crippen molar-refractivity contribution >= 4 is 11.3 Å². The lowest BCUT2D eigenvalue weighted by Crippen LogP contribution is -2.63. The third-order valence-electron chi connectivity index (χ3n) is 4.23. The van der Waals surface area contributed by atoms with Crippen molar-refractivity contribution in [3.8, 4) is 0 Å². The topological polar surface area (TPSA) is 53.7 Å².